The third-order valence-corrected chi connectivity index (χ3v) is 3.06. The Morgan fingerprint density at radius 1 is 1.25 bits per heavy atom. The van der Waals surface area contributed by atoms with Crippen molar-refractivity contribution in [2.75, 3.05) is 7.11 Å². The van der Waals surface area contributed by atoms with Crippen molar-refractivity contribution in [3.8, 4) is 5.75 Å². The van der Waals surface area contributed by atoms with Gasteiger partial charge >= 0.3 is 0 Å². The molecule has 2 heteroatoms. The zero-order chi connectivity index (χ0) is 12.1. The summed E-state index contributed by atoms with van der Waals surface area (Å²) in [6.07, 6.45) is 2.22. The molecule has 0 saturated heterocycles. The number of methoxy groups -OCH3 is 1. The molecule has 0 fully saturated rings. The van der Waals surface area contributed by atoms with E-state index in [1.807, 2.05) is 6.07 Å². The predicted octanol–water partition coefficient (Wildman–Crippen LogP) is 3.23. The molecule has 0 aliphatic heterocycles. The highest BCUT2D eigenvalue weighted by atomic mass is 16.5. The van der Waals surface area contributed by atoms with Crippen LogP contribution < -0.4 is 10.5 Å². The molecular weight excluding hydrogens is 198 g/mol. The summed E-state index contributed by atoms with van der Waals surface area (Å²) in [5, 5.41) is 0. The quantitative estimate of drug-likeness (QED) is 0.828. The number of hydrogen-bond donors (Lipinski definition) is 1. The molecule has 1 aromatic carbocycles. The maximum atomic E-state index is 5.78. The first-order chi connectivity index (χ1) is 7.54. The van der Waals surface area contributed by atoms with Gasteiger partial charge in [-0.15, -0.1) is 0 Å². The van der Waals surface area contributed by atoms with Crippen molar-refractivity contribution in [3.63, 3.8) is 0 Å². The van der Waals surface area contributed by atoms with Crippen LogP contribution >= 0.6 is 0 Å². The molecule has 90 valence electrons. The molecule has 0 bridgehead atoms. The number of hydrogen-bond acceptors (Lipinski definition) is 2. The second kappa shape index (κ2) is 5.90. The second-order valence-electron chi connectivity index (χ2n) is 4.68. The maximum Gasteiger partial charge on any atom is 0.119 e. The van der Waals surface area contributed by atoms with Gasteiger partial charge in [-0.2, -0.15) is 0 Å². The number of ether oxygens (including phenoxy) is 1. The van der Waals surface area contributed by atoms with Gasteiger partial charge in [0.25, 0.3) is 0 Å². The molecule has 2 N–H and O–H groups in total. The van der Waals surface area contributed by atoms with Gasteiger partial charge < -0.3 is 10.5 Å². The summed E-state index contributed by atoms with van der Waals surface area (Å²) in [6, 6.07) is 6.59. The van der Waals surface area contributed by atoms with Gasteiger partial charge in [-0.25, -0.2) is 0 Å². The van der Waals surface area contributed by atoms with Crippen LogP contribution in [-0.4, -0.2) is 13.2 Å². The Kier molecular flexibility index (Phi) is 4.81. The summed E-state index contributed by atoms with van der Waals surface area (Å²) in [6.45, 7) is 6.46. The molecule has 2 atom stereocenters. The van der Waals surface area contributed by atoms with Crippen LogP contribution in [0.2, 0.25) is 0 Å². The number of benzene rings is 1. The predicted molar refractivity (Wildman–Crippen MR) is 69.0 cm³/mol. The SMILES string of the molecule is COc1ccc(C(C)CCC(C)N)c(C)c1. The monoisotopic (exact) mass is 221 g/mol. The molecule has 0 radical (unpaired) electrons. The summed E-state index contributed by atoms with van der Waals surface area (Å²) in [5.74, 6) is 1.50. The van der Waals surface area contributed by atoms with E-state index in [4.69, 9.17) is 10.5 Å². The van der Waals surface area contributed by atoms with Crippen LogP contribution in [0.15, 0.2) is 18.2 Å². The van der Waals surface area contributed by atoms with Crippen LogP contribution in [0.4, 0.5) is 0 Å². The highest BCUT2D eigenvalue weighted by molar-refractivity contribution is 5.36. The molecule has 0 heterocycles. The molecule has 0 aromatic heterocycles. The third kappa shape index (κ3) is 3.53. The minimum Gasteiger partial charge on any atom is -0.497 e. The van der Waals surface area contributed by atoms with Crippen molar-refractivity contribution in [1.82, 2.24) is 0 Å². The van der Waals surface area contributed by atoms with E-state index in [0.29, 0.717) is 12.0 Å². The summed E-state index contributed by atoms with van der Waals surface area (Å²) >= 11 is 0. The summed E-state index contributed by atoms with van der Waals surface area (Å²) in [7, 11) is 1.70. The van der Waals surface area contributed by atoms with Gasteiger partial charge in [-0.1, -0.05) is 13.0 Å². The molecule has 16 heavy (non-hydrogen) atoms. The smallest absolute Gasteiger partial charge is 0.119 e. The Morgan fingerprint density at radius 2 is 1.94 bits per heavy atom. The van der Waals surface area contributed by atoms with Gasteiger partial charge in [0.15, 0.2) is 0 Å². The normalized spacial score (nSPS) is 14.6. The third-order valence-electron chi connectivity index (χ3n) is 3.06. The number of rotatable bonds is 5. The van der Waals surface area contributed by atoms with Gasteiger partial charge in [0, 0.05) is 6.04 Å². The van der Waals surface area contributed by atoms with Gasteiger partial charge in [0.05, 0.1) is 7.11 Å². The van der Waals surface area contributed by atoms with Crippen LogP contribution in [0.3, 0.4) is 0 Å². The molecule has 1 aromatic rings. The molecule has 2 unspecified atom stereocenters. The fourth-order valence-electron chi connectivity index (χ4n) is 2.00. The molecule has 0 aliphatic carbocycles. The van der Waals surface area contributed by atoms with Crippen molar-refractivity contribution in [1.29, 1.82) is 0 Å². The highest BCUT2D eigenvalue weighted by Crippen LogP contribution is 2.27. The van der Waals surface area contributed by atoms with E-state index in [0.717, 1.165) is 18.6 Å². The van der Waals surface area contributed by atoms with Crippen molar-refractivity contribution in [2.24, 2.45) is 5.73 Å². The zero-order valence-electron chi connectivity index (χ0n) is 10.8. The minimum absolute atomic E-state index is 0.293. The molecular formula is C14H23NO. The minimum atomic E-state index is 0.293. The van der Waals surface area contributed by atoms with Crippen LogP contribution in [0.5, 0.6) is 5.75 Å². The van der Waals surface area contributed by atoms with Crippen molar-refractivity contribution in [2.45, 2.75) is 45.6 Å². The van der Waals surface area contributed by atoms with Crippen LogP contribution in [0.1, 0.15) is 43.7 Å². The lowest BCUT2D eigenvalue weighted by molar-refractivity contribution is 0.414. The fourth-order valence-corrected chi connectivity index (χ4v) is 2.00. The van der Waals surface area contributed by atoms with E-state index in [9.17, 15) is 0 Å². The first-order valence-corrected chi connectivity index (χ1v) is 5.94. The van der Waals surface area contributed by atoms with E-state index < -0.39 is 0 Å². The van der Waals surface area contributed by atoms with Gasteiger partial charge in [0.1, 0.15) is 5.75 Å². The maximum absolute atomic E-state index is 5.78. The van der Waals surface area contributed by atoms with E-state index in [1.165, 1.54) is 11.1 Å². The molecule has 1 rings (SSSR count). The summed E-state index contributed by atoms with van der Waals surface area (Å²) in [5.41, 5.74) is 8.49. The van der Waals surface area contributed by atoms with Crippen molar-refractivity contribution < 1.29 is 4.74 Å². The standard InChI is InChI=1S/C14H23NO/c1-10(5-6-12(3)15)14-8-7-13(16-4)9-11(14)2/h7-10,12H,5-6,15H2,1-4H3. The lowest BCUT2D eigenvalue weighted by Gasteiger charge is -2.16. The Bertz CT molecular complexity index is 334. The van der Waals surface area contributed by atoms with E-state index in [1.54, 1.807) is 7.11 Å². The Balaban J connectivity index is 2.71. The Hall–Kier alpha value is -1.02. The second-order valence-corrected chi connectivity index (χ2v) is 4.68. The summed E-state index contributed by atoms with van der Waals surface area (Å²) < 4.78 is 5.21. The fraction of sp³-hybridized carbons (Fsp3) is 0.571. The first-order valence-electron chi connectivity index (χ1n) is 5.94. The molecule has 2 nitrogen and oxygen atoms in total. The average Bonchev–Trinajstić information content (AvgIpc) is 2.25. The van der Waals surface area contributed by atoms with Crippen LogP contribution in [0.25, 0.3) is 0 Å². The van der Waals surface area contributed by atoms with E-state index >= 15 is 0 Å². The molecule has 0 spiro atoms. The van der Waals surface area contributed by atoms with E-state index in [2.05, 4.69) is 32.9 Å². The average molecular weight is 221 g/mol. The molecule has 0 saturated carbocycles. The molecule has 0 amide bonds. The summed E-state index contributed by atoms with van der Waals surface area (Å²) in [4.78, 5) is 0. The van der Waals surface area contributed by atoms with Crippen molar-refractivity contribution in [3.05, 3.63) is 29.3 Å². The number of aryl methyl sites for hydroxylation is 1. The van der Waals surface area contributed by atoms with Crippen molar-refractivity contribution >= 4 is 0 Å². The van der Waals surface area contributed by atoms with Gasteiger partial charge in [0.2, 0.25) is 0 Å². The van der Waals surface area contributed by atoms with Crippen LogP contribution in [-0.2, 0) is 0 Å². The lowest BCUT2D eigenvalue weighted by atomic mass is 9.91. The number of nitrogens with two attached hydrogens (primary N) is 1. The topological polar surface area (TPSA) is 35.2 Å². The van der Waals surface area contributed by atoms with Crippen LogP contribution in [0, 0.1) is 6.92 Å². The Morgan fingerprint density at radius 3 is 2.44 bits per heavy atom. The Labute approximate surface area is 98.8 Å². The molecule has 0 aliphatic rings. The van der Waals surface area contributed by atoms with Gasteiger partial charge in [-0.3, -0.25) is 0 Å². The zero-order valence-corrected chi connectivity index (χ0v) is 10.8. The van der Waals surface area contributed by atoms with Gasteiger partial charge in [-0.05, 0) is 55.9 Å². The highest BCUT2D eigenvalue weighted by Gasteiger charge is 2.09. The van der Waals surface area contributed by atoms with E-state index in [-0.39, 0.29) is 0 Å². The largest absolute Gasteiger partial charge is 0.497 e. The first kappa shape index (κ1) is 13.0. The lowest BCUT2D eigenvalue weighted by Crippen LogP contribution is -2.15.